The van der Waals surface area contributed by atoms with E-state index in [1.807, 2.05) is 6.92 Å². The highest BCUT2D eigenvalue weighted by Gasteiger charge is 2.24. The summed E-state index contributed by atoms with van der Waals surface area (Å²) in [6, 6.07) is 1.67. The Hall–Kier alpha value is -0.810. The van der Waals surface area contributed by atoms with E-state index in [9.17, 15) is 8.42 Å². The Kier molecular flexibility index (Phi) is 3.71. The molecule has 0 aliphatic heterocycles. The molecule has 1 heterocycles. The van der Waals surface area contributed by atoms with Crippen molar-refractivity contribution < 1.29 is 13.0 Å². The Morgan fingerprint density at radius 1 is 1.57 bits per heavy atom. The highest BCUT2D eigenvalue weighted by molar-refractivity contribution is 7.86. The van der Waals surface area contributed by atoms with Gasteiger partial charge in [-0.3, -0.25) is 4.55 Å². The van der Waals surface area contributed by atoms with Gasteiger partial charge < -0.3 is 4.98 Å². The number of nitrogens with one attached hydrogen (secondary N) is 1. The number of H-pyrrole nitrogens is 1. The first-order valence-electron chi connectivity index (χ1n) is 4.64. The molecule has 1 unspecified atom stereocenters. The Labute approximate surface area is 84.1 Å². The van der Waals surface area contributed by atoms with Crippen molar-refractivity contribution in [2.75, 3.05) is 0 Å². The average Bonchev–Trinajstić information content (AvgIpc) is 2.55. The maximum atomic E-state index is 11.1. The highest BCUT2D eigenvalue weighted by atomic mass is 32.2. The van der Waals surface area contributed by atoms with Gasteiger partial charge in [-0.2, -0.15) is 8.42 Å². The topological polar surface area (TPSA) is 70.2 Å². The molecule has 80 valence electrons. The van der Waals surface area contributed by atoms with E-state index in [1.165, 1.54) is 0 Å². The lowest BCUT2D eigenvalue weighted by Gasteiger charge is -2.11. The summed E-state index contributed by atoms with van der Waals surface area (Å²) in [7, 11) is -3.98. The summed E-state index contributed by atoms with van der Waals surface area (Å²) in [4.78, 5) is 2.78. The van der Waals surface area contributed by atoms with E-state index < -0.39 is 15.4 Å². The number of unbranched alkanes of at least 4 members (excludes halogenated alkanes) is 1. The predicted molar refractivity (Wildman–Crippen MR) is 54.6 cm³/mol. The van der Waals surface area contributed by atoms with Crippen molar-refractivity contribution in [3.63, 3.8) is 0 Å². The summed E-state index contributed by atoms with van der Waals surface area (Å²) >= 11 is 0. The average molecular weight is 217 g/mol. The third-order valence-corrected chi connectivity index (χ3v) is 3.40. The summed E-state index contributed by atoms with van der Waals surface area (Å²) < 4.78 is 31.2. The van der Waals surface area contributed by atoms with Gasteiger partial charge in [-0.25, -0.2) is 0 Å². The molecular weight excluding hydrogens is 202 g/mol. The van der Waals surface area contributed by atoms with E-state index in [2.05, 4.69) is 4.98 Å². The first kappa shape index (κ1) is 11.3. The lowest BCUT2D eigenvalue weighted by molar-refractivity contribution is 0.461. The van der Waals surface area contributed by atoms with Crippen LogP contribution in [0, 0.1) is 0 Å². The number of aromatic amines is 1. The van der Waals surface area contributed by atoms with Crippen LogP contribution < -0.4 is 0 Å². The maximum absolute atomic E-state index is 11.1. The second-order valence-electron chi connectivity index (χ2n) is 3.29. The molecule has 1 rings (SSSR count). The summed E-state index contributed by atoms with van der Waals surface area (Å²) in [5, 5.41) is -0.784. The number of aromatic nitrogens is 1. The molecule has 0 radical (unpaired) electrons. The van der Waals surface area contributed by atoms with Gasteiger partial charge in [0.15, 0.2) is 0 Å². The lowest BCUT2D eigenvalue weighted by Crippen LogP contribution is -2.11. The first-order valence-corrected chi connectivity index (χ1v) is 6.15. The van der Waals surface area contributed by atoms with Crippen molar-refractivity contribution >= 4 is 10.1 Å². The minimum absolute atomic E-state index is 0.465. The van der Waals surface area contributed by atoms with E-state index in [0.29, 0.717) is 12.0 Å². The largest absolute Gasteiger partial charge is 0.367 e. The van der Waals surface area contributed by atoms with Gasteiger partial charge in [-0.05, 0) is 18.1 Å². The molecular formula is C9H15NO3S. The van der Waals surface area contributed by atoms with E-state index >= 15 is 0 Å². The fourth-order valence-electron chi connectivity index (χ4n) is 1.41. The van der Waals surface area contributed by atoms with Crippen LogP contribution >= 0.6 is 0 Å². The van der Waals surface area contributed by atoms with Crippen molar-refractivity contribution in [1.29, 1.82) is 0 Å². The van der Waals surface area contributed by atoms with Crippen LogP contribution in [0.1, 0.15) is 37.0 Å². The number of hydrogen-bond acceptors (Lipinski definition) is 2. The van der Waals surface area contributed by atoms with Crippen LogP contribution in [0.5, 0.6) is 0 Å². The van der Waals surface area contributed by atoms with Crippen molar-refractivity contribution in [2.24, 2.45) is 0 Å². The smallest absolute Gasteiger partial charge is 0.272 e. The zero-order valence-corrected chi connectivity index (χ0v) is 8.92. The molecule has 0 saturated carbocycles. The van der Waals surface area contributed by atoms with E-state index in [-0.39, 0.29) is 0 Å². The molecule has 0 aliphatic rings. The molecule has 0 saturated heterocycles. The third kappa shape index (κ3) is 2.85. The minimum Gasteiger partial charge on any atom is -0.367 e. The van der Waals surface area contributed by atoms with Gasteiger partial charge in [0, 0.05) is 12.4 Å². The van der Waals surface area contributed by atoms with Gasteiger partial charge in [-0.15, -0.1) is 0 Å². The lowest BCUT2D eigenvalue weighted by atomic mass is 10.1. The molecule has 14 heavy (non-hydrogen) atoms. The fourth-order valence-corrected chi connectivity index (χ4v) is 2.37. The van der Waals surface area contributed by atoms with Crippen molar-refractivity contribution in [3.8, 4) is 0 Å². The predicted octanol–water partition coefficient (Wildman–Crippen LogP) is 2.13. The highest BCUT2D eigenvalue weighted by Crippen LogP contribution is 2.26. The van der Waals surface area contributed by atoms with Crippen LogP contribution in [0.3, 0.4) is 0 Å². The normalized spacial score (nSPS) is 14.1. The molecule has 0 bridgehead atoms. The van der Waals surface area contributed by atoms with Gasteiger partial charge in [0.2, 0.25) is 0 Å². The fraction of sp³-hybridized carbons (Fsp3) is 0.556. The molecule has 4 nitrogen and oxygen atoms in total. The van der Waals surface area contributed by atoms with Gasteiger partial charge in [0.25, 0.3) is 10.1 Å². The summed E-state index contributed by atoms with van der Waals surface area (Å²) in [5.74, 6) is 0. The van der Waals surface area contributed by atoms with Crippen molar-refractivity contribution in [1.82, 2.24) is 4.98 Å². The van der Waals surface area contributed by atoms with Crippen molar-refractivity contribution in [3.05, 3.63) is 24.0 Å². The maximum Gasteiger partial charge on any atom is 0.272 e. The Morgan fingerprint density at radius 2 is 2.29 bits per heavy atom. The third-order valence-electron chi connectivity index (χ3n) is 2.17. The number of rotatable bonds is 5. The van der Waals surface area contributed by atoms with Crippen molar-refractivity contribution in [2.45, 2.75) is 31.4 Å². The van der Waals surface area contributed by atoms with Gasteiger partial charge >= 0.3 is 0 Å². The molecule has 0 aliphatic carbocycles. The summed E-state index contributed by atoms with van der Waals surface area (Å²) in [6.07, 6.45) is 5.42. The SMILES string of the molecule is CCCCC(c1cc[nH]c1)S(=O)(=O)O. The second kappa shape index (κ2) is 4.61. The Balaban J connectivity index is 2.84. The van der Waals surface area contributed by atoms with Crippen LogP contribution in [-0.4, -0.2) is 18.0 Å². The minimum atomic E-state index is -3.98. The molecule has 0 fully saturated rings. The second-order valence-corrected chi connectivity index (χ2v) is 4.89. The van der Waals surface area contributed by atoms with E-state index in [1.54, 1.807) is 18.5 Å². The molecule has 0 spiro atoms. The molecule has 1 aromatic heterocycles. The zero-order chi connectivity index (χ0) is 10.6. The zero-order valence-electron chi connectivity index (χ0n) is 8.10. The first-order chi connectivity index (χ1) is 6.55. The molecule has 1 atom stereocenters. The van der Waals surface area contributed by atoms with Crippen LogP contribution in [0.25, 0.3) is 0 Å². The van der Waals surface area contributed by atoms with Crippen LogP contribution in [-0.2, 0) is 10.1 Å². The molecule has 1 aromatic rings. The Morgan fingerprint density at radius 3 is 2.71 bits per heavy atom. The number of hydrogen-bond donors (Lipinski definition) is 2. The molecule has 0 amide bonds. The summed E-state index contributed by atoms with van der Waals surface area (Å²) in [5.41, 5.74) is 0.626. The van der Waals surface area contributed by atoms with E-state index in [0.717, 1.165) is 12.8 Å². The molecule has 2 N–H and O–H groups in total. The van der Waals surface area contributed by atoms with E-state index in [4.69, 9.17) is 4.55 Å². The molecule has 5 heteroatoms. The summed E-state index contributed by atoms with van der Waals surface area (Å²) in [6.45, 7) is 1.98. The quantitative estimate of drug-likeness (QED) is 0.742. The standard InChI is InChI=1S/C9H15NO3S/c1-2-3-4-9(14(11,12)13)8-5-6-10-7-8/h5-7,9-10H,2-4H2,1H3,(H,11,12,13). The van der Waals surface area contributed by atoms with Gasteiger partial charge in [0.05, 0.1) is 0 Å². The Bertz CT molecular complexity index is 355. The van der Waals surface area contributed by atoms with Crippen LogP contribution in [0.15, 0.2) is 18.5 Å². The monoisotopic (exact) mass is 217 g/mol. The van der Waals surface area contributed by atoms with Crippen LogP contribution in [0.2, 0.25) is 0 Å². The molecule has 0 aromatic carbocycles. The van der Waals surface area contributed by atoms with Gasteiger partial charge in [-0.1, -0.05) is 19.8 Å². The van der Waals surface area contributed by atoms with Gasteiger partial charge in [0.1, 0.15) is 5.25 Å². The van der Waals surface area contributed by atoms with Crippen LogP contribution in [0.4, 0.5) is 0 Å².